The largest absolute Gasteiger partial charge is 0.309 e. The van der Waals surface area contributed by atoms with Crippen LogP contribution in [0.2, 0.25) is 0 Å². The van der Waals surface area contributed by atoms with Crippen LogP contribution in [0, 0.1) is 4.91 Å². The number of hydrogen-bond acceptors (Lipinski definition) is 4. The number of ketones is 2. The molecule has 0 fully saturated rings. The number of nitrogens with zero attached hydrogens (tertiary/aromatic N) is 3. The lowest BCUT2D eigenvalue weighted by atomic mass is 10.00. The van der Waals surface area contributed by atoms with E-state index in [1.165, 1.54) is 10.8 Å². The summed E-state index contributed by atoms with van der Waals surface area (Å²) in [7, 11) is 0. The molecule has 0 saturated heterocycles. The second-order valence-electron chi connectivity index (χ2n) is 12.0. The van der Waals surface area contributed by atoms with Crippen molar-refractivity contribution in [2.75, 3.05) is 0 Å². The number of carbonyl (C=O) groups is 2. The van der Waals surface area contributed by atoms with Crippen molar-refractivity contribution in [1.29, 1.82) is 0 Å². The molecule has 2 heterocycles. The summed E-state index contributed by atoms with van der Waals surface area (Å²) >= 11 is 0. The van der Waals surface area contributed by atoms with Crippen molar-refractivity contribution in [1.82, 2.24) is 9.13 Å². The fraction of sp³-hybridized carbons (Fsp3) is 0.0732. The smallest absolute Gasteiger partial charge is 0.193 e. The van der Waals surface area contributed by atoms with E-state index in [-0.39, 0.29) is 11.6 Å². The Morgan fingerprint density at radius 3 is 1.51 bits per heavy atom. The van der Waals surface area contributed by atoms with E-state index >= 15 is 0 Å². The second kappa shape index (κ2) is 11.0. The Bertz CT molecular complexity index is 2480. The minimum absolute atomic E-state index is 0.0249. The van der Waals surface area contributed by atoms with Gasteiger partial charge in [0.15, 0.2) is 11.6 Å². The first-order valence-corrected chi connectivity index (χ1v) is 15.6. The van der Waals surface area contributed by atoms with Gasteiger partial charge in [-0.05, 0) is 104 Å². The van der Waals surface area contributed by atoms with Crippen LogP contribution in [0.4, 0.5) is 0 Å². The van der Waals surface area contributed by atoms with E-state index in [2.05, 4.69) is 50.7 Å². The fourth-order valence-electron chi connectivity index (χ4n) is 6.75. The number of nitroso groups, excluding NO2 is 1. The molecule has 8 aromatic rings. The summed E-state index contributed by atoms with van der Waals surface area (Å²) in [4.78, 5) is 37.4. The predicted molar refractivity (Wildman–Crippen MR) is 189 cm³/mol. The van der Waals surface area contributed by atoms with Gasteiger partial charge in [-0.3, -0.25) is 9.59 Å². The van der Waals surface area contributed by atoms with Crippen molar-refractivity contribution in [2.45, 2.75) is 19.9 Å². The average molecular weight is 612 g/mol. The maximum Gasteiger partial charge on any atom is 0.193 e. The van der Waals surface area contributed by atoms with Crippen molar-refractivity contribution >= 4 is 55.2 Å². The van der Waals surface area contributed by atoms with E-state index in [4.69, 9.17) is 0 Å². The zero-order valence-electron chi connectivity index (χ0n) is 25.8. The van der Waals surface area contributed by atoms with E-state index in [1.54, 1.807) is 13.8 Å². The Morgan fingerprint density at radius 1 is 0.532 bits per heavy atom. The normalized spacial score (nSPS) is 12.2. The molecule has 8 rings (SSSR count). The molecule has 47 heavy (non-hydrogen) atoms. The van der Waals surface area contributed by atoms with Crippen molar-refractivity contribution in [3.8, 4) is 11.4 Å². The standard InChI is InChI=1S/C41H29N3O3/c1-25(42-47)27-11-17-31(18-12-27)44-39-21-15-29(26(2)45)23-35(39)36-24-30(16-22-40(36)44)41(46)28-13-19-32(20-14-28)43-37-9-5-3-7-33(37)34-8-4-6-10-38(34)43/h3-25H,1-2H3. The molecule has 6 nitrogen and oxygen atoms in total. The van der Waals surface area contributed by atoms with E-state index in [1.807, 2.05) is 97.1 Å². The third-order valence-electron chi connectivity index (χ3n) is 9.19. The Hall–Kier alpha value is -6.14. The monoisotopic (exact) mass is 611 g/mol. The van der Waals surface area contributed by atoms with Gasteiger partial charge in [0.2, 0.25) is 0 Å². The van der Waals surface area contributed by atoms with Gasteiger partial charge in [0.1, 0.15) is 6.04 Å². The Labute approximate surface area is 270 Å². The molecule has 0 aliphatic heterocycles. The van der Waals surface area contributed by atoms with Crippen LogP contribution in [0.5, 0.6) is 0 Å². The van der Waals surface area contributed by atoms with E-state index in [0.29, 0.717) is 16.7 Å². The number of aromatic nitrogens is 2. The van der Waals surface area contributed by atoms with E-state index < -0.39 is 6.04 Å². The number of hydrogen-bond donors (Lipinski definition) is 0. The molecule has 0 N–H and O–H groups in total. The summed E-state index contributed by atoms with van der Waals surface area (Å²) in [5.74, 6) is -0.105. The zero-order chi connectivity index (χ0) is 32.2. The first kappa shape index (κ1) is 28.3. The number of rotatable bonds is 7. The number of carbonyl (C=O) groups excluding carboxylic acids is 2. The zero-order valence-corrected chi connectivity index (χ0v) is 25.8. The predicted octanol–water partition coefficient (Wildman–Crippen LogP) is 10.1. The van der Waals surface area contributed by atoms with Crippen molar-refractivity contribution in [3.63, 3.8) is 0 Å². The Kier molecular flexibility index (Phi) is 6.65. The van der Waals surface area contributed by atoms with E-state index in [9.17, 15) is 14.5 Å². The fourth-order valence-corrected chi connectivity index (χ4v) is 6.75. The quantitative estimate of drug-likeness (QED) is 0.133. The number of benzene rings is 6. The molecule has 0 spiro atoms. The van der Waals surface area contributed by atoms with E-state index in [0.717, 1.165) is 49.8 Å². The first-order chi connectivity index (χ1) is 22.9. The minimum atomic E-state index is -0.440. The highest BCUT2D eigenvalue weighted by Gasteiger charge is 2.18. The molecule has 0 amide bonds. The van der Waals surface area contributed by atoms with Crippen LogP contribution >= 0.6 is 0 Å². The second-order valence-corrected chi connectivity index (χ2v) is 12.0. The van der Waals surface area contributed by atoms with Gasteiger partial charge in [-0.2, -0.15) is 4.91 Å². The van der Waals surface area contributed by atoms with Gasteiger partial charge in [0.05, 0.1) is 22.1 Å². The Balaban J connectivity index is 1.22. The maximum absolute atomic E-state index is 13.9. The molecule has 6 heteroatoms. The van der Waals surface area contributed by atoms with Gasteiger partial charge in [0.25, 0.3) is 0 Å². The lowest BCUT2D eigenvalue weighted by Gasteiger charge is -2.10. The van der Waals surface area contributed by atoms with Crippen LogP contribution in [0.1, 0.15) is 51.7 Å². The highest BCUT2D eigenvalue weighted by molar-refractivity contribution is 6.16. The summed E-state index contributed by atoms with van der Waals surface area (Å²) in [6.07, 6.45) is 0. The lowest BCUT2D eigenvalue weighted by molar-refractivity contribution is 0.101. The molecular weight excluding hydrogens is 582 g/mol. The third kappa shape index (κ3) is 4.57. The van der Waals surface area contributed by atoms with Crippen LogP contribution in [-0.4, -0.2) is 20.7 Å². The van der Waals surface area contributed by atoms with Crippen molar-refractivity contribution in [3.05, 3.63) is 161 Å². The Morgan fingerprint density at radius 2 is 0.979 bits per heavy atom. The summed E-state index contributed by atoms with van der Waals surface area (Å²) < 4.78 is 4.35. The lowest BCUT2D eigenvalue weighted by Crippen LogP contribution is -2.02. The molecular formula is C41H29N3O3. The number of para-hydroxylation sites is 2. The summed E-state index contributed by atoms with van der Waals surface area (Å²) in [6.45, 7) is 3.32. The SMILES string of the molecule is CC(=O)c1ccc2c(c1)c1cc(C(=O)c3ccc(-n4c5ccccc5c5ccccc54)cc3)ccc1n2-c1ccc(C(C)N=O)cc1. The van der Waals surface area contributed by atoms with Crippen LogP contribution in [-0.2, 0) is 0 Å². The van der Waals surface area contributed by atoms with Crippen molar-refractivity contribution < 1.29 is 9.59 Å². The van der Waals surface area contributed by atoms with Crippen LogP contribution in [0.25, 0.3) is 55.0 Å². The van der Waals surface area contributed by atoms with Gasteiger partial charge in [-0.25, -0.2) is 0 Å². The summed E-state index contributed by atoms with van der Waals surface area (Å²) in [5, 5.41) is 7.29. The number of Topliss-reactive ketones (excluding diaryl/α,β-unsaturated/α-hetero) is 1. The summed E-state index contributed by atoms with van der Waals surface area (Å²) in [6, 6.07) is 43.2. The van der Waals surface area contributed by atoms with Crippen LogP contribution in [0.15, 0.2) is 139 Å². The van der Waals surface area contributed by atoms with Gasteiger partial charge < -0.3 is 9.13 Å². The highest BCUT2D eigenvalue weighted by atomic mass is 16.3. The topological polar surface area (TPSA) is 73.4 Å². The molecule has 2 aromatic heterocycles. The molecule has 226 valence electrons. The number of fused-ring (bicyclic) bond motifs is 6. The molecule has 0 bridgehead atoms. The van der Waals surface area contributed by atoms with Gasteiger partial charge in [0, 0.05) is 49.6 Å². The molecule has 1 atom stereocenters. The van der Waals surface area contributed by atoms with Crippen LogP contribution < -0.4 is 0 Å². The van der Waals surface area contributed by atoms with Gasteiger partial charge >= 0.3 is 0 Å². The first-order valence-electron chi connectivity index (χ1n) is 15.6. The maximum atomic E-state index is 13.9. The average Bonchev–Trinajstić information content (AvgIpc) is 3.63. The molecule has 0 aliphatic rings. The molecule has 0 radical (unpaired) electrons. The van der Waals surface area contributed by atoms with Gasteiger partial charge in [-0.1, -0.05) is 53.7 Å². The third-order valence-corrected chi connectivity index (χ3v) is 9.19. The van der Waals surface area contributed by atoms with Crippen molar-refractivity contribution in [2.24, 2.45) is 5.18 Å². The minimum Gasteiger partial charge on any atom is -0.309 e. The molecule has 1 unspecified atom stereocenters. The summed E-state index contributed by atoms with van der Waals surface area (Å²) in [5.41, 5.74) is 8.54. The molecule has 0 aliphatic carbocycles. The van der Waals surface area contributed by atoms with Gasteiger partial charge in [-0.15, -0.1) is 0 Å². The molecule has 6 aromatic carbocycles. The highest BCUT2D eigenvalue weighted by Crippen LogP contribution is 2.35. The molecule has 0 saturated carbocycles. The van der Waals surface area contributed by atoms with Crippen LogP contribution in [0.3, 0.4) is 0 Å².